The number of allylic oxidation sites excluding steroid dienone is 7. The monoisotopic (exact) mass is 599 g/mol. The Morgan fingerprint density at radius 2 is 1.59 bits per heavy atom. The van der Waals surface area contributed by atoms with Gasteiger partial charge in [-0.25, -0.2) is 0 Å². The Morgan fingerprint density at radius 3 is 2.39 bits per heavy atom. The third kappa shape index (κ3) is 4.71. The molecule has 3 aliphatic carbocycles. The molecule has 0 bridgehead atoms. The maximum absolute atomic E-state index is 6.75. The molecule has 3 aromatic rings. The van der Waals surface area contributed by atoms with Gasteiger partial charge in [0.15, 0.2) is 6.23 Å². The number of hydrogen-bond acceptors (Lipinski definition) is 4. The van der Waals surface area contributed by atoms with Crippen molar-refractivity contribution in [2.45, 2.75) is 43.5 Å². The highest BCUT2D eigenvalue weighted by molar-refractivity contribution is 6.05. The quantitative estimate of drug-likeness (QED) is 0.319. The Morgan fingerprint density at radius 1 is 0.783 bits per heavy atom. The lowest BCUT2D eigenvalue weighted by atomic mass is 9.81. The van der Waals surface area contributed by atoms with Crippen LogP contribution in [0.15, 0.2) is 168 Å². The summed E-state index contributed by atoms with van der Waals surface area (Å²) in [7, 11) is 0. The van der Waals surface area contributed by atoms with Crippen LogP contribution in [0.3, 0.4) is 0 Å². The smallest absolute Gasteiger partial charge is 0.192 e. The Bertz CT molecular complexity index is 1890. The molecule has 0 radical (unpaired) electrons. The first kappa shape index (κ1) is 27.2. The maximum Gasteiger partial charge on any atom is 0.192 e. The summed E-state index contributed by atoms with van der Waals surface area (Å²) in [5.41, 5.74) is 9.55. The predicted octanol–water partition coefficient (Wildman–Crippen LogP) is 8.62. The lowest BCUT2D eigenvalue weighted by Crippen LogP contribution is -2.37. The van der Waals surface area contributed by atoms with E-state index in [0.717, 1.165) is 47.7 Å². The minimum Gasteiger partial charge on any atom is -0.469 e. The average molecular weight is 600 g/mol. The third-order valence-electron chi connectivity index (χ3n) is 10.3. The van der Waals surface area contributed by atoms with Crippen LogP contribution in [-0.2, 0) is 4.74 Å². The zero-order valence-corrected chi connectivity index (χ0v) is 25.7. The Hall–Kier alpha value is -5.09. The highest BCUT2D eigenvalue weighted by atomic mass is 16.5. The molecule has 6 atom stereocenters. The van der Waals surface area contributed by atoms with Gasteiger partial charge in [0.25, 0.3) is 0 Å². The molecule has 6 aliphatic rings. The van der Waals surface area contributed by atoms with E-state index in [0.29, 0.717) is 5.92 Å². The highest BCUT2D eigenvalue weighted by Gasteiger charge is 2.52. The zero-order chi connectivity index (χ0) is 30.5. The fourth-order valence-corrected chi connectivity index (χ4v) is 8.11. The largest absolute Gasteiger partial charge is 0.469 e. The molecule has 6 unspecified atom stereocenters. The lowest BCUT2D eigenvalue weighted by molar-refractivity contribution is 0.124. The fraction of sp³-hybridized carbons (Fsp3) is 0.214. The summed E-state index contributed by atoms with van der Waals surface area (Å²) in [6, 6.07) is 31.0. The van der Waals surface area contributed by atoms with Crippen LogP contribution in [0, 0.1) is 11.8 Å². The van der Waals surface area contributed by atoms with E-state index in [1.165, 1.54) is 22.4 Å². The molecule has 0 saturated carbocycles. The first-order valence-corrected chi connectivity index (χ1v) is 16.6. The molecule has 1 fully saturated rings. The molecule has 3 aliphatic heterocycles. The van der Waals surface area contributed by atoms with Gasteiger partial charge in [-0.15, -0.1) is 0 Å². The highest BCUT2D eigenvalue weighted by Crippen LogP contribution is 2.50. The van der Waals surface area contributed by atoms with Crippen molar-refractivity contribution in [1.29, 1.82) is 0 Å². The van der Waals surface area contributed by atoms with Crippen molar-refractivity contribution in [2.24, 2.45) is 16.8 Å². The minimum absolute atomic E-state index is 0.0703. The van der Waals surface area contributed by atoms with Crippen LogP contribution in [0.25, 0.3) is 5.70 Å². The van der Waals surface area contributed by atoms with Crippen molar-refractivity contribution < 1.29 is 4.74 Å². The minimum atomic E-state index is -0.0703. The number of nitrogens with zero attached hydrogens (tertiary/aromatic N) is 2. The average Bonchev–Trinajstić information content (AvgIpc) is 3.72. The summed E-state index contributed by atoms with van der Waals surface area (Å²) < 4.78 is 6.75. The van der Waals surface area contributed by atoms with E-state index in [-0.39, 0.29) is 30.1 Å². The van der Waals surface area contributed by atoms with Crippen molar-refractivity contribution >= 4 is 17.1 Å². The normalized spacial score (nSPS) is 28.9. The second-order valence-corrected chi connectivity index (χ2v) is 13.0. The molecular weight excluding hydrogens is 562 g/mol. The molecule has 4 heteroatoms. The molecular formula is C42H37N3O. The first-order valence-electron chi connectivity index (χ1n) is 16.6. The van der Waals surface area contributed by atoms with Crippen molar-refractivity contribution in [3.63, 3.8) is 0 Å². The van der Waals surface area contributed by atoms with Crippen molar-refractivity contribution in [3.8, 4) is 0 Å². The molecule has 0 aromatic heterocycles. The van der Waals surface area contributed by atoms with Crippen LogP contribution in [-0.4, -0.2) is 24.0 Å². The third-order valence-corrected chi connectivity index (χ3v) is 10.3. The van der Waals surface area contributed by atoms with Crippen LogP contribution >= 0.6 is 0 Å². The summed E-state index contributed by atoms with van der Waals surface area (Å²) in [5.74, 6) is 2.00. The van der Waals surface area contributed by atoms with E-state index in [1.54, 1.807) is 0 Å². The number of fused-ring (bicyclic) bond motifs is 4. The first-order chi connectivity index (χ1) is 22.8. The van der Waals surface area contributed by atoms with Crippen molar-refractivity contribution in [1.82, 2.24) is 5.32 Å². The van der Waals surface area contributed by atoms with Crippen LogP contribution in [0.1, 0.15) is 41.9 Å². The number of anilines is 1. The molecule has 1 N–H and O–H groups in total. The van der Waals surface area contributed by atoms with E-state index in [2.05, 4.69) is 156 Å². The number of ether oxygens (including phenoxy) is 1. The van der Waals surface area contributed by atoms with Crippen LogP contribution < -0.4 is 10.2 Å². The Balaban J connectivity index is 1.02. The summed E-state index contributed by atoms with van der Waals surface area (Å²) in [5, 5.41) is 3.69. The lowest BCUT2D eigenvalue weighted by Gasteiger charge is -2.32. The Kier molecular flexibility index (Phi) is 6.73. The molecule has 3 aromatic carbocycles. The van der Waals surface area contributed by atoms with Gasteiger partial charge in [-0.05, 0) is 53.3 Å². The van der Waals surface area contributed by atoms with Crippen LogP contribution in [0.5, 0.6) is 0 Å². The number of aliphatic imine (C=N–C) groups is 1. The fourth-order valence-electron chi connectivity index (χ4n) is 8.11. The Labute approximate surface area is 271 Å². The van der Waals surface area contributed by atoms with E-state index in [1.807, 2.05) is 0 Å². The number of nitrogens with one attached hydrogen (secondary N) is 1. The topological polar surface area (TPSA) is 36.9 Å². The standard InChI is InChI=1S/C42H37N3O/c1-4-12-28(13-5-1)32-26-36(29-14-6-2-7-15-29)43-37(27-32)30-20-22-33(23-21-30)45-38-19-11-10-18-34(38)40-39(45)25-24-35-41(40)46-42(44-35)31-16-8-3-9-17-31/h1-8,10-16,18-26,32,34,38-40,42,44H,9,17,27H2. The second-order valence-electron chi connectivity index (χ2n) is 13.0. The molecule has 9 rings (SSSR count). The van der Waals surface area contributed by atoms with Gasteiger partial charge in [0.05, 0.1) is 29.4 Å². The molecule has 0 amide bonds. The summed E-state index contributed by atoms with van der Waals surface area (Å²) in [4.78, 5) is 7.83. The molecule has 46 heavy (non-hydrogen) atoms. The molecule has 1 saturated heterocycles. The molecule has 226 valence electrons. The van der Waals surface area contributed by atoms with Crippen molar-refractivity contribution in [3.05, 3.63) is 179 Å². The second kappa shape index (κ2) is 11.4. The summed E-state index contributed by atoms with van der Waals surface area (Å²) in [6.45, 7) is 0. The van der Waals surface area contributed by atoms with Crippen molar-refractivity contribution in [2.75, 3.05) is 4.90 Å². The van der Waals surface area contributed by atoms with Gasteiger partial charge < -0.3 is 15.0 Å². The van der Waals surface area contributed by atoms with Gasteiger partial charge in [-0.1, -0.05) is 127 Å². The molecule has 4 nitrogen and oxygen atoms in total. The number of rotatable bonds is 5. The van der Waals surface area contributed by atoms with Gasteiger partial charge in [0.2, 0.25) is 0 Å². The van der Waals surface area contributed by atoms with Gasteiger partial charge >= 0.3 is 0 Å². The van der Waals surface area contributed by atoms with Crippen LogP contribution in [0.4, 0.5) is 5.69 Å². The SMILES string of the molecule is C1=CCCC(C2NC3=C(O2)C2C4C=CC=CC4N(c4ccc(C5=NC(c6ccccc6)=CC(c6ccccc6)C5)cc4)C2C=C3)=C1. The molecule has 3 heterocycles. The van der Waals surface area contributed by atoms with E-state index >= 15 is 0 Å². The zero-order valence-electron chi connectivity index (χ0n) is 25.7. The van der Waals surface area contributed by atoms with Gasteiger partial charge in [-0.2, -0.15) is 0 Å². The summed E-state index contributed by atoms with van der Waals surface area (Å²) in [6.07, 6.45) is 25.7. The predicted molar refractivity (Wildman–Crippen MR) is 187 cm³/mol. The number of benzene rings is 3. The summed E-state index contributed by atoms with van der Waals surface area (Å²) >= 11 is 0. The number of hydrogen-bond donors (Lipinski definition) is 1. The van der Waals surface area contributed by atoms with E-state index < -0.39 is 0 Å². The maximum atomic E-state index is 6.75. The van der Waals surface area contributed by atoms with Gasteiger partial charge in [-0.3, -0.25) is 4.99 Å². The van der Waals surface area contributed by atoms with E-state index in [9.17, 15) is 0 Å². The van der Waals surface area contributed by atoms with Gasteiger partial charge in [0, 0.05) is 29.7 Å². The van der Waals surface area contributed by atoms with E-state index in [4.69, 9.17) is 9.73 Å². The van der Waals surface area contributed by atoms with Crippen LogP contribution in [0.2, 0.25) is 0 Å². The van der Waals surface area contributed by atoms with Gasteiger partial charge in [0.1, 0.15) is 5.76 Å². The molecule has 0 spiro atoms.